The first kappa shape index (κ1) is 25.4. The monoisotopic (exact) mass is 430 g/mol. The van der Waals surface area contributed by atoms with Crippen LogP contribution >= 0.6 is 0 Å². The number of nitriles is 1. The van der Waals surface area contributed by atoms with Crippen molar-refractivity contribution in [2.24, 2.45) is 4.99 Å². The smallest absolute Gasteiger partial charge is 0.250 e. The maximum absolute atomic E-state index is 14.0. The molecule has 0 saturated carbocycles. The zero-order valence-electron chi connectivity index (χ0n) is 18.0. The second kappa shape index (κ2) is 12.2. The van der Waals surface area contributed by atoms with Gasteiger partial charge in [-0.2, -0.15) is 5.26 Å². The van der Waals surface area contributed by atoms with Crippen LogP contribution in [0.2, 0.25) is 0 Å². The fourth-order valence-corrected chi connectivity index (χ4v) is 2.52. The predicted molar refractivity (Wildman–Crippen MR) is 115 cm³/mol. The van der Waals surface area contributed by atoms with Crippen LogP contribution in [-0.4, -0.2) is 23.8 Å². The molecule has 2 rings (SSSR count). The molecule has 0 spiro atoms. The Morgan fingerprint density at radius 2 is 1.87 bits per heavy atom. The minimum atomic E-state index is -0.986. The molecule has 164 valence electrons. The van der Waals surface area contributed by atoms with Gasteiger partial charge in [-0.05, 0) is 48.4 Å². The van der Waals surface area contributed by atoms with Crippen LogP contribution in [0.5, 0.6) is 0 Å². The summed E-state index contributed by atoms with van der Waals surface area (Å²) in [6.45, 7) is 9.14. The second-order valence-corrected chi connectivity index (χ2v) is 6.30. The van der Waals surface area contributed by atoms with Gasteiger partial charge in [-0.1, -0.05) is 26.5 Å². The van der Waals surface area contributed by atoms with Crippen LogP contribution in [0, 0.1) is 35.7 Å². The number of amides is 1. The fourth-order valence-electron chi connectivity index (χ4n) is 2.52. The van der Waals surface area contributed by atoms with E-state index in [0.29, 0.717) is 16.8 Å². The number of halogens is 3. The third-order valence-corrected chi connectivity index (χ3v) is 4.05. The summed E-state index contributed by atoms with van der Waals surface area (Å²) >= 11 is 0. The number of carbonyl (C=O) groups is 1. The van der Waals surface area contributed by atoms with Crippen LogP contribution in [0.1, 0.15) is 30.5 Å². The van der Waals surface area contributed by atoms with Gasteiger partial charge in [0.2, 0.25) is 11.9 Å². The van der Waals surface area contributed by atoms with E-state index in [0.717, 1.165) is 18.2 Å². The number of nitrogens with zero attached hydrogens (tertiary/aromatic N) is 3. The standard InChI is InChI=1S/C21H19F3N4O.C2H6/c1-4-20(29)27-21(28(3)12-14-5-6-16(22)18(24)10-14)26-19-11-15(7-8-25)17(23)9-13(19)2;1-2/h4-6,9-11H,1,7,12H2,2-3H3,(H,26,27,29);1-2H3. The number of nitrogens with one attached hydrogen (secondary N) is 1. The van der Waals surface area contributed by atoms with Gasteiger partial charge in [-0.25, -0.2) is 18.2 Å². The Bertz CT molecular complexity index is 1010. The molecular weight excluding hydrogens is 405 g/mol. The Morgan fingerprint density at radius 1 is 1.19 bits per heavy atom. The Morgan fingerprint density at radius 3 is 2.45 bits per heavy atom. The molecule has 0 unspecified atom stereocenters. The molecule has 0 bridgehead atoms. The fraction of sp³-hybridized carbons (Fsp3) is 0.261. The van der Waals surface area contributed by atoms with Gasteiger partial charge in [-0.3, -0.25) is 10.1 Å². The molecule has 8 heteroatoms. The molecule has 1 amide bonds. The molecule has 0 saturated heterocycles. The third-order valence-electron chi connectivity index (χ3n) is 4.05. The summed E-state index contributed by atoms with van der Waals surface area (Å²) < 4.78 is 40.6. The summed E-state index contributed by atoms with van der Waals surface area (Å²) in [5, 5.41) is 11.4. The molecule has 31 heavy (non-hydrogen) atoms. The Labute approximate surface area is 180 Å². The predicted octanol–water partition coefficient (Wildman–Crippen LogP) is 4.93. The first-order valence-corrected chi connectivity index (χ1v) is 9.58. The zero-order valence-corrected chi connectivity index (χ0v) is 18.0. The Kier molecular flexibility index (Phi) is 9.99. The zero-order chi connectivity index (χ0) is 23.6. The van der Waals surface area contributed by atoms with Crippen molar-refractivity contribution in [3.63, 3.8) is 0 Å². The minimum absolute atomic E-state index is 0.0947. The van der Waals surface area contributed by atoms with Gasteiger partial charge in [-0.15, -0.1) is 0 Å². The van der Waals surface area contributed by atoms with Crippen LogP contribution < -0.4 is 5.32 Å². The summed E-state index contributed by atoms with van der Waals surface area (Å²) in [6.07, 6.45) is 0.924. The third kappa shape index (κ3) is 7.30. The highest BCUT2D eigenvalue weighted by molar-refractivity contribution is 6.02. The molecule has 0 heterocycles. The van der Waals surface area contributed by atoms with Gasteiger partial charge in [0, 0.05) is 19.2 Å². The number of aryl methyl sites for hydroxylation is 1. The number of benzene rings is 2. The van der Waals surface area contributed by atoms with E-state index < -0.39 is 23.4 Å². The van der Waals surface area contributed by atoms with E-state index in [4.69, 9.17) is 5.26 Å². The lowest BCUT2D eigenvalue weighted by Gasteiger charge is -2.22. The summed E-state index contributed by atoms with van der Waals surface area (Å²) in [5.74, 6) is -2.90. The number of aliphatic imine (C=N–C) groups is 1. The first-order chi connectivity index (χ1) is 14.7. The molecule has 0 aliphatic rings. The highest BCUT2D eigenvalue weighted by Crippen LogP contribution is 2.24. The quantitative estimate of drug-likeness (QED) is 0.416. The SMILES string of the molecule is C=CC(=O)NC(=Nc1cc(CC#N)c(F)cc1C)N(C)Cc1ccc(F)c(F)c1.CC. The molecule has 0 fully saturated rings. The Balaban J connectivity index is 0.00000233. The molecule has 0 atom stereocenters. The Hall–Kier alpha value is -3.60. The van der Waals surface area contributed by atoms with Gasteiger partial charge in [0.25, 0.3) is 0 Å². The van der Waals surface area contributed by atoms with Gasteiger partial charge in [0.15, 0.2) is 11.6 Å². The van der Waals surface area contributed by atoms with E-state index in [1.807, 2.05) is 19.9 Å². The van der Waals surface area contributed by atoms with E-state index in [9.17, 15) is 18.0 Å². The van der Waals surface area contributed by atoms with Gasteiger partial charge in [0.05, 0.1) is 18.2 Å². The lowest BCUT2D eigenvalue weighted by molar-refractivity contribution is -0.115. The lowest BCUT2D eigenvalue weighted by Crippen LogP contribution is -2.41. The van der Waals surface area contributed by atoms with Crippen molar-refractivity contribution in [1.82, 2.24) is 10.2 Å². The van der Waals surface area contributed by atoms with Crippen molar-refractivity contribution < 1.29 is 18.0 Å². The largest absolute Gasteiger partial charge is 0.341 e. The molecule has 0 aliphatic heterocycles. The highest BCUT2D eigenvalue weighted by atomic mass is 19.2. The van der Waals surface area contributed by atoms with Crippen LogP contribution in [0.15, 0.2) is 48.0 Å². The molecule has 0 aromatic heterocycles. The van der Waals surface area contributed by atoms with Crippen molar-refractivity contribution in [2.75, 3.05) is 7.05 Å². The number of hydrogen-bond acceptors (Lipinski definition) is 3. The van der Waals surface area contributed by atoms with Crippen LogP contribution in [0.4, 0.5) is 18.9 Å². The van der Waals surface area contributed by atoms with Crippen LogP contribution in [0.25, 0.3) is 0 Å². The van der Waals surface area contributed by atoms with Gasteiger partial charge >= 0.3 is 0 Å². The molecule has 5 nitrogen and oxygen atoms in total. The molecule has 0 radical (unpaired) electrons. The summed E-state index contributed by atoms with van der Waals surface area (Å²) in [4.78, 5) is 17.7. The summed E-state index contributed by atoms with van der Waals surface area (Å²) in [6, 6.07) is 8.04. The van der Waals surface area contributed by atoms with Gasteiger partial charge in [0.1, 0.15) is 5.82 Å². The van der Waals surface area contributed by atoms with E-state index in [-0.39, 0.29) is 24.5 Å². The van der Waals surface area contributed by atoms with Crippen molar-refractivity contribution in [3.05, 3.63) is 77.1 Å². The molecular formula is C23H25F3N4O. The second-order valence-electron chi connectivity index (χ2n) is 6.30. The van der Waals surface area contributed by atoms with Crippen molar-refractivity contribution in [1.29, 1.82) is 5.26 Å². The summed E-state index contributed by atoms with van der Waals surface area (Å²) in [7, 11) is 1.60. The number of guanidine groups is 1. The van der Waals surface area contributed by atoms with E-state index in [1.54, 1.807) is 14.0 Å². The van der Waals surface area contributed by atoms with Crippen molar-refractivity contribution >= 4 is 17.6 Å². The molecule has 2 aromatic rings. The van der Waals surface area contributed by atoms with E-state index in [1.165, 1.54) is 23.1 Å². The molecule has 0 aliphatic carbocycles. The number of rotatable bonds is 5. The highest BCUT2D eigenvalue weighted by Gasteiger charge is 2.14. The lowest BCUT2D eigenvalue weighted by atomic mass is 10.1. The first-order valence-electron chi connectivity index (χ1n) is 9.58. The van der Waals surface area contributed by atoms with E-state index in [2.05, 4.69) is 16.9 Å². The minimum Gasteiger partial charge on any atom is -0.341 e. The molecule has 2 aromatic carbocycles. The van der Waals surface area contributed by atoms with E-state index >= 15 is 0 Å². The summed E-state index contributed by atoms with van der Waals surface area (Å²) in [5.41, 5.74) is 1.48. The maximum Gasteiger partial charge on any atom is 0.250 e. The average Bonchev–Trinajstić information content (AvgIpc) is 2.74. The van der Waals surface area contributed by atoms with Crippen LogP contribution in [-0.2, 0) is 17.8 Å². The topological polar surface area (TPSA) is 68.5 Å². The molecule has 1 N–H and O–H groups in total. The van der Waals surface area contributed by atoms with Crippen molar-refractivity contribution in [2.45, 2.75) is 33.7 Å². The number of hydrogen-bond donors (Lipinski definition) is 1. The maximum atomic E-state index is 14.0. The normalized spacial score (nSPS) is 10.5. The van der Waals surface area contributed by atoms with Crippen LogP contribution in [0.3, 0.4) is 0 Å². The van der Waals surface area contributed by atoms with Crippen molar-refractivity contribution in [3.8, 4) is 6.07 Å². The van der Waals surface area contributed by atoms with Gasteiger partial charge < -0.3 is 4.90 Å². The average molecular weight is 430 g/mol. The number of carbonyl (C=O) groups excluding carboxylic acids is 1.